The van der Waals surface area contributed by atoms with Gasteiger partial charge in [0.2, 0.25) is 0 Å². The number of aromatic amines is 1. The standard InChI is InChI=1S/C18H18N2O2/c1-12(21)13-3-8-18-14(9-13)10-16(20-18)11-19-15-4-6-17(22-2)7-5-15/h3-10,19-20H,11H2,1-2H3. The Morgan fingerprint density at radius 1 is 1.14 bits per heavy atom. The first-order valence-electron chi connectivity index (χ1n) is 7.16. The van der Waals surface area contributed by atoms with Crippen molar-refractivity contribution in [3.63, 3.8) is 0 Å². The van der Waals surface area contributed by atoms with E-state index in [1.807, 2.05) is 42.5 Å². The minimum atomic E-state index is 0.0843. The Kier molecular flexibility index (Phi) is 3.83. The van der Waals surface area contributed by atoms with Crippen LogP contribution in [0.15, 0.2) is 48.5 Å². The zero-order chi connectivity index (χ0) is 15.5. The molecule has 22 heavy (non-hydrogen) atoms. The second-order valence-corrected chi connectivity index (χ2v) is 5.23. The van der Waals surface area contributed by atoms with Crippen LogP contribution in [-0.4, -0.2) is 17.9 Å². The summed E-state index contributed by atoms with van der Waals surface area (Å²) in [4.78, 5) is 14.8. The number of aromatic nitrogens is 1. The van der Waals surface area contributed by atoms with Crippen LogP contribution in [0.3, 0.4) is 0 Å². The van der Waals surface area contributed by atoms with Crippen molar-refractivity contribution in [2.45, 2.75) is 13.5 Å². The summed E-state index contributed by atoms with van der Waals surface area (Å²) in [7, 11) is 1.65. The Hall–Kier alpha value is -2.75. The summed E-state index contributed by atoms with van der Waals surface area (Å²) in [6, 6.07) is 15.6. The summed E-state index contributed by atoms with van der Waals surface area (Å²) in [5, 5.41) is 4.41. The zero-order valence-corrected chi connectivity index (χ0v) is 12.6. The van der Waals surface area contributed by atoms with Crippen LogP contribution in [0.4, 0.5) is 5.69 Å². The van der Waals surface area contributed by atoms with E-state index in [1.54, 1.807) is 14.0 Å². The van der Waals surface area contributed by atoms with E-state index in [2.05, 4.69) is 16.4 Å². The maximum Gasteiger partial charge on any atom is 0.159 e. The molecule has 0 unspecified atom stereocenters. The molecule has 0 amide bonds. The summed E-state index contributed by atoms with van der Waals surface area (Å²) >= 11 is 0. The highest BCUT2D eigenvalue weighted by Crippen LogP contribution is 2.19. The first-order chi connectivity index (χ1) is 10.7. The molecule has 0 bridgehead atoms. The third-order valence-corrected chi connectivity index (χ3v) is 3.66. The van der Waals surface area contributed by atoms with Crippen LogP contribution in [-0.2, 0) is 6.54 Å². The molecule has 0 aliphatic carbocycles. The number of hydrogen-bond donors (Lipinski definition) is 2. The molecule has 4 heteroatoms. The van der Waals surface area contributed by atoms with Crippen molar-refractivity contribution in [1.82, 2.24) is 4.98 Å². The van der Waals surface area contributed by atoms with Crippen LogP contribution in [0.2, 0.25) is 0 Å². The van der Waals surface area contributed by atoms with E-state index in [0.29, 0.717) is 6.54 Å². The van der Waals surface area contributed by atoms with Crippen LogP contribution < -0.4 is 10.1 Å². The second kappa shape index (κ2) is 5.93. The molecule has 0 saturated heterocycles. The van der Waals surface area contributed by atoms with Crippen LogP contribution in [0.25, 0.3) is 10.9 Å². The molecular formula is C18H18N2O2. The Bertz CT molecular complexity index is 804. The first-order valence-corrected chi connectivity index (χ1v) is 7.16. The molecule has 0 radical (unpaired) electrons. The van der Waals surface area contributed by atoms with Crippen molar-refractivity contribution >= 4 is 22.4 Å². The largest absolute Gasteiger partial charge is 0.497 e. The number of Topliss-reactive ketones (excluding diaryl/α,β-unsaturated/α-hetero) is 1. The number of ketones is 1. The molecule has 1 aromatic heterocycles. The van der Waals surface area contributed by atoms with Gasteiger partial charge in [-0.1, -0.05) is 0 Å². The summed E-state index contributed by atoms with van der Waals surface area (Å²) in [5.41, 5.74) is 3.88. The lowest BCUT2D eigenvalue weighted by Crippen LogP contribution is -1.99. The number of benzene rings is 2. The average Bonchev–Trinajstić information content (AvgIpc) is 2.95. The normalized spacial score (nSPS) is 10.6. The minimum Gasteiger partial charge on any atom is -0.497 e. The van der Waals surface area contributed by atoms with Gasteiger partial charge < -0.3 is 15.0 Å². The van der Waals surface area contributed by atoms with Gasteiger partial charge in [0.1, 0.15) is 5.75 Å². The molecule has 0 aliphatic heterocycles. The van der Waals surface area contributed by atoms with Gasteiger partial charge >= 0.3 is 0 Å². The molecule has 3 rings (SSSR count). The molecule has 0 fully saturated rings. The molecule has 112 valence electrons. The topological polar surface area (TPSA) is 54.1 Å². The van der Waals surface area contributed by atoms with Gasteiger partial charge in [0.05, 0.1) is 13.7 Å². The lowest BCUT2D eigenvalue weighted by molar-refractivity contribution is 0.101. The SMILES string of the molecule is COc1ccc(NCc2cc3cc(C(C)=O)ccc3[nH]2)cc1. The molecule has 4 nitrogen and oxygen atoms in total. The van der Waals surface area contributed by atoms with E-state index in [1.165, 1.54) is 0 Å². The van der Waals surface area contributed by atoms with Gasteiger partial charge in [-0.05, 0) is 55.5 Å². The number of methoxy groups -OCH3 is 1. The second-order valence-electron chi connectivity index (χ2n) is 5.23. The number of anilines is 1. The molecule has 0 saturated carbocycles. The third kappa shape index (κ3) is 2.96. The minimum absolute atomic E-state index is 0.0843. The summed E-state index contributed by atoms with van der Waals surface area (Å²) < 4.78 is 5.14. The lowest BCUT2D eigenvalue weighted by Gasteiger charge is -2.06. The number of hydrogen-bond acceptors (Lipinski definition) is 3. The number of carbonyl (C=O) groups is 1. The smallest absolute Gasteiger partial charge is 0.159 e. The maximum absolute atomic E-state index is 11.4. The highest BCUT2D eigenvalue weighted by atomic mass is 16.5. The Balaban J connectivity index is 1.74. The predicted molar refractivity (Wildman–Crippen MR) is 88.6 cm³/mol. The fourth-order valence-electron chi connectivity index (χ4n) is 2.41. The van der Waals surface area contributed by atoms with E-state index in [-0.39, 0.29) is 5.78 Å². The van der Waals surface area contributed by atoms with Crippen molar-refractivity contribution in [2.24, 2.45) is 0 Å². The van der Waals surface area contributed by atoms with Crippen LogP contribution in [0.1, 0.15) is 23.0 Å². The summed E-state index contributed by atoms with van der Waals surface area (Å²) in [5.74, 6) is 0.925. The Morgan fingerprint density at radius 3 is 2.59 bits per heavy atom. The fraction of sp³-hybridized carbons (Fsp3) is 0.167. The predicted octanol–water partition coefficient (Wildman–Crippen LogP) is 3.99. The molecule has 0 aliphatic rings. The van der Waals surface area contributed by atoms with Gasteiger partial charge in [0.25, 0.3) is 0 Å². The Labute approximate surface area is 129 Å². The highest BCUT2D eigenvalue weighted by Gasteiger charge is 2.04. The van der Waals surface area contributed by atoms with Gasteiger partial charge in [-0.2, -0.15) is 0 Å². The van der Waals surface area contributed by atoms with Gasteiger partial charge in [0.15, 0.2) is 5.78 Å². The average molecular weight is 294 g/mol. The molecule has 2 N–H and O–H groups in total. The molecule has 0 atom stereocenters. The van der Waals surface area contributed by atoms with Gasteiger partial charge in [0, 0.05) is 27.8 Å². The molecule has 2 aromatic carbocycles. The molecule has 0 spiro atoms. The van der Waals surface area contributed by atoms with Gasteiger partial charge in [-0.3, -0.25) is 4.79 Å². The van der Waals surface area contributed by atoms with Gasteiger partial charge in [-0.25, -0.2) is 0 Å². The third-order valence-electron chi connectivity index (χ3n) is 3.66. The van der Waals surface area contributed by atoms with Crippen molar-refractivity contribution in [2.75, 3.05) is 12.4 Å². The van der Waals surface area contributed by atoms with E-state index >= 15 is 0 Å². The Morgan fingerprint density at radius 2 is 1.91 bits per heavy atom. The highest BCUT2D eigenvalue weighted by molar-refractivity contribution is 5.98. The van der Waals surface area contributed by atoms with E-state index in [9.17, 15) is 4.79 Å². The van der Waals surface area contributed by atoms with E-state index in [4.69, 9.17) is 4.74 Å². The maximum atomic E-state index is 11.4. The fourth-order valence-corrected chi connectivity index (χ4v) is 2.41. The number of rotatable bonds is 5. The molecular weight excluding hydrogens is 276 g/mol. The van der Waals surface area contributed by atoms with Crippen molar-refractivity contribution < 1.29 is 9.53 Å². The molecule has 3 aromatic rings. The van der Waals surface area contributed by atoms with E-state index < -0.39 is 0 Å². The number of ether oxygens (including phenoxy) is 1. The lowest BCUT2D eigenvalue weighted by atomic mass is 10.1. The number of carbonyl (C=O) groups excluding carboxylic acids is 1. The summed E-state index contributed by atoms with van der Waals surface area (Å²) in [6.45, 7) is 2.27. The number of fused-ring (bicyclic) bond motifs is 1. The first kappa shape index (κ1) is 14.2. The van der Waals surface area contributed by atoms with Crippen LogP contribution >= 0.6 is 0 Å². The zero-order valence-electron chi connectivity index (χ0n) is 12.6. The van der Waals surface area contributed by atoms with Crippen LogP contribution in [0, 0.1) is 0 Å². The number of nitrogens with one attached hydrogen (secondary N) is 2. The monoisotopic (exact) mass is 294 g/mol. The van der Waals surface area contributed by atoms with Crippen molar-refractivity contribution in [1.29, 1.82) is 0 Å². The van der Waals surface area contributed by atoms with Gasteiger partial charge in [-0.15, -0.1) is 0 Å². The van der Waals surface area contributed by atoms with Crippen molar-refractivity contribution in [3.8, 4) is 5.75 Å². The quantitative estimate of drug-likeness (QED) is 0.700. The van der Waals surface area contributed by atoms with E-state index in [0.717, 1.165) is 33.6 Å². The van der Waals surface area contributed by atoms with Crippen LogP contribution in [0.5, 0.6) is 5.75 Å². The molecule has 1 heterocycles. The summed E-state index contributed by atoms with van der Waals surface area (Å²) in [6.07, 6.45) is 0. The van der Waals surface area contributed by atoms with Crippen molar-refractivity contribution in [3.05, 3.63) is 59.8 Å². The number of H-pyrrole nitrogens is 1.